The highest BCUT2D eigenvalue weighted by Gasteiger charge is 2.35. The molecule has 0 heterocycles. The SMILES string of the molecule is CCOc1ccc(N(CC(=O)N(Cc2ccccc2F)[C@H](Cc2ccccc2)C(=O)N[C@H](C)CC)S(=O)(=O)c2ccc(Br)cc2)cc1. The Morgan fingerprint density at radius 1 is 0.894 bits per heavy atom. The molecule has 47 heavy (non-hydrogen) atoms. The molecule has 0 unspecified atom stereocenters. The average molecular weight is 725 g/mol. The number of carbonyl (C=O) groups excluding carboxylic acids is 2. The van der Waals surface area contributed by atoms with Crippen molar-refractivity contribution in [2.75, 3.05) is 17.5 Å². The third-order valence-electron chi connectivity index (χ3n) is 7.69. The van der Waals surface area contributed by atoms with E-state index in [9.17, 15) is 18.0 Å². The molecule has 0 saturated carbocycles. The number of nitrogens with one attached hydrogen (secondary N) is 1. The van der Waals surface area contributed by atoms with E-state index in [1.807, 2.05) is 51.1 Å². The van der Waals surface area contributed by atoms with Crippen molar-refractivity contribution in [3.63, 3.8) is 0 Å². The number of amides is 2. The van der Waals surface area contributed by atoms with Gasteiger partial charge in [-0.05, 0) is 80.4 Å². The molecule has 0 radical (unpaired) electrons. The molecule has 8 nitrogen and oxygen atoms in total. The standard InChI is InChI=1S/C36H39BrFN3O5S/c1-4-26(3)39-36(43)34(23-27-11-7-6-8-12-27)40(24-28-13-9-10-14-33(28)38)35(42)25-41(30-17-19-31(20-18-30)46-5-2)47(44,45)32-21-15-29(37)16-22-32/h6-22,26,34H,4-5,23-25H2,1-3H3,(H,39,43)/t26-,34-/m1/s1. The average Bonchev–Trinajstić information content (AvgIpc) is 3.07. The number of anilines is 1. The van der Waals surface area contributed by atoms with E-state index < -0.39 is 40.2 Å². The van der Waals surface area contributed by atoms with E-state index in [1.54, 1.807) is 54.6 Å². The Kier molecular flexibility index (Phi) is 12.6. The van der Waals surface area contributed by atoms with Gasteiger partial charge in [-0.3, -0.25) is 13.9 Å². The Morgan fingerprint density at radius 3 is 2.15 bits per heavy atom. The van der Waals surface area contributed by atoms with Crippen molar-refractivity contribution in [2.24, 2.45) is 0 Å². The van der Waals surface area contributed by atoms with Crippen LogP contribution in [0.25, 0.3) is 0 Å². The molecule has 11 heteroatoms. The van der Waals surface area contributed by atoms with E-state index in [0.29, 0.717) is 23.2 Å². The lowest BCUT2D eigenvalue weighted by atomic mass is 10.0. The van der Waals surface area contributed by atoms with Gasteiger partial charge in [-0.1, -0.05) is 71.4 Å². The number of hydrogen-bond acceptors (Lipinski definition) is 5. The minimum Gasteiger partial charge on any atom is -0.494 e. The molecule has 4 aromatic rings. The summed E-state index contributed by atoms with van der Waals surface area (Å²) in [7, 11) is -4.28. The number of rotatable bonds is 15. The van der Waals surface area contributed by atoms with Crippen molar-refractivity contribution in [2.45, 2.75) is 57.1 Å². The van der Waals surface area contributed by atoms with Gasteiger partial charge in [-0.2, -0.15) is 0 Å². The summed E-state index contributed by atoms with van der Waals surface area (Å²) in [6.45, 7) is 5.14. The molecule has 0 spiro atoms. The third kappa shape index (κ3) is 9.42. The van der Waals surface area contributed by atoms with Crippen LogP contribution in [-0.2, 0) is 32.6 Å². The second kappa shape index (κ2) is 16.6. The highest BCUT2D eigenvalue weighted by Crippen LogP contribution is 2.28. The van der Waals surface area contributed by atoms with Crippen LogP contribution in [0.15, 0.2) is 112 Å². The fourth-order valence-electron chi connectivity index (χ4n) is 4.94. The van der Waals surface area contributed by atoms with Gasteiger partial charge in [0.2, 0.25) is 11.8 Å². The monoisotopic (exact) mass is 723 g/mol. The Labute approximate surface area is 284 Å². The molecular formula is C36H39BrFN3O5S. The molecule has 4 aromatic carbocycles. The summed E-state index contributed by atoms with van der Waals surface area (Å²) in [5.74, 6) is -1.11. The van der Waals surface area contributed by atoms with E-state index in [2.05, 4.69) is 21.2 Å². The van der Waals surface area contributed by atoms with Gasteiger partial charge in [-0.15, -0.1) is 0 Å². The number of benzene rings is 4. The van der Waals surface area contributed by atoms with Crippen LogP contribution >= 0.6 is 15.9 Å². The molecule has 2 atom stereocenters. The van der Waals surface area contributed by atoms with Crippen molar-refractivity contribution >= 4 is 43.5 Å². The maximum atomic E-state index is 15.1. The minimum atomic E-state index is -4.28. The summed E-state index contributed by atoms with van der Waals surface area (Å²) in [4.78, 5) is 29.7. The predicted molar refractivity (Wildman–Crippen MR) is 185 cm³/mol. The van der Waals surface area contributed by atoms with Gasteiger partial charge in [0.1, 0.15) is 24.2 Å². The van der Waals surface area contributed by atoms with E-state index >= 15 is 4.39 Å². The summed E-state index contributed by atoms with van der Waals surface area (Å²) in [6, 6.07) is 26.4. The summed E-state index contributed by atoms with van der Waals surface area (Å²) >= 11 is 3.34. The fourth-order valence-corrected chi connectivity index (χ4v) is 6.62. The van der Waals surface area contributed by atoms with Crippen LogP contribution < -0.4 is 14.4 Å². The van der Waals surface area contributed by atoms with Crippen molar-refractivity contribution < 1.29 is 27.1 Å². The largest absolute Gasteiger partial charge is 0.494 e. The third-order valence-corrected chi connectivity index (χ3v) is 10.0. The van der Waals surface area contributed by atoms with Crippen LogP contribution in [-0.4, -0.2) is 50.4 Å². The second-order valence-corrected chi connectivity index (χ2v) is 13.8. The normalized spacial score (nSPS) is 12.5. The number of ether oxygens (including phenoxy) is 1. The number of carbonyl (C=O) groups is 2. The van der Waals surface area contributed by atoms with Gasteiger partial charge >= 0.3 is 0 Å². The molecule has 248 valence electrons. The highest BCUT2D eigenvalue weighted by molar-refractivity contribution is 9.10. The Bertz CT molecular complexity index is 1740. The second-order valence-electron chi connectivity index (χ2n) is 11.0. The lowest BCUT2D eigenvalue weighted by molar-refractivity contribution is -0.140. The van der Waals surface area contributed by atoms with E-state index in [4.69, 9.17) is 4.74 Å². The van der Waals surface area contributed by atoms with Gasteiger partial charge < -0.3 is 15.0 Å². The van der Waals surface area contributed by atoms with Gasteiger partial charge in [0.15, 0.2) is 0 Å². The lowest BCUT2D eigenvalue weighted by Crippen LogP contribution is -2.54. The van der Waals surface area contributed by atoms with Crippen molar-refractivity contribution in [3.8, 4) is 5.75 Å². The fraction of sp³-hybridized carbons (Fsp3) is 0.278. The van der Waals surface area contributed by atoms with Crippen molar-refractivity contribution in [1.29, 1.82) is 0 Å². The topological polar surface area (TPSA) is 96.0 Å². The summed E-state index contributed by atoms with van der Waals surface area (Å²) in [5, 5.41) is 2.97. The molecule has 4 rings (SSSR count). The van der Waals surface area contributed by atoms with Crippen LogP contribution in [0.5, 0.6) is 5.75 Å². The van der Waals surface area contributed by atoms with Gasteiger partial charge in [0.25, 0.3) is 10.0 Å². The molecule has 1 N–H and O–H groups in total. The minimum absolute atomic E-state index is 0.0293. The quantitative estimate of drug-likeness (QED) is 0.147. The Morgan fingerprint density at radius 2 is 1.53 bits per heavy atom. The first kappa shape index (κ1) is 35.6. The summed E-state index contributed by atoms with van der Waals surface area (Å²) in [6.07, 6.45) is 0.786. The van der Waals surface area contributed by atoms with Crippen molar-refractivity contribution in [1.82, 2.24) is 10.2 Å². The molecule has 0 fully saturated rings. The molecule has 0 bridgehead atoms. The molecule has 0 aliphatic heterocycles. The Balaban J connectivity index is 1.81. The van der Waals surface area contributed by atoms with E-state index in [1.165, 1.54) is 23.1 Å². The van der Waals surface area contributed by atoms with Crippen LogP contribution in [0.2, 0.25) is 0 Å². The zero-order chi connectivity index (χ0) is 34.0. The Hall–Kier alpha value is -4.22. The number of nitrogens with zero attached hydrogens (tertiary/aromatic N) is 2. The number of hydrogen-bond donors (Lipinski definition) is 1. The van der Waals surface area contributed by atoms with Crippen molar-refractivity contribution in [3.05, 3.63) is 125 Å². The van der Waals surface area contributed by atoms with E-state index in [-0.39, 0.29) is 35.2 Å². The lowest BCUT2D eigenvalue weighted by Gasteiger charge is -2.34. The number of sulfonamides is 1. The maximum Gasteiger partial charge on any atom is 0.264 e. The zero-order valence-corrected chi connectivity index (χ0v) is 29.0. The highest BCUT2D eigenvalue weighted by atomic mass is 79.9. The molecule has 2 amide bonds. The van der Waals surface area contributed by atoms with Crippen LogP contribution in [0, 0.1) is 5.82 Å². The van der Waals surface area contributed by atoms with Gasteiger partial charge in [0, 0.05) is 29.0 Å². The van der Waals surface area contributed by atoms with Crippen LogP contribution in [0.3, 0.4) is 0 Å². The van der Waals surface area contributed by atoms with Crippen LogP contribution in [0.1, 0.15) is 38.3 Å². The zero-order valence-electron chi connectivity index (χ0n) is 26.6. The molecule has 0 aromatic heterocycles. The smallest absolute Gasteiger partial charge is 0.264 e. The number of halogens is 2. The first-order valence-electron chi connectivity index (χ1n) is 15.4. The predicted octanol–water partition coefficient (Wildman–Crippen LogP) is 6.74. The molecule has 0 aliphatic rings. The molecule has 0 aliphatic carbocycles. The first-order chi connectivity index (χ1) is 22.5. The van der Waals surface area contributed by atoms with Gasteiger partial charge in [-0.25, -0.2) is 12.8 Å². The van der Waals surface area contributed by atoms with E-state index in [0.717, 1.165) is 9.87 Å². The van der Waals surface area contributed by atoms with Gasteiger partial charge in [0.05, 0.1) is 17.2 Å². The maximum absolute atomic E-state index is 15.1. The summed E-state index contributed by atoms with van der Waals surface area (Å²) in [5.41, 5.74) is 1.20. The molecule has 0 saturated heterocycles. The summed E-state index contributed by atoms with van der Waals surface area (Å²) < 4.78 is 50.7. The first-order valence-corrected chi connectivity index (χ1v) is 17.6. The van der Waals surface area contributed by atoms with Crippen LogP contribution in [0.4, 0.5) is 10.1 Å². The molecular weight excluding hydrogens is 685 g/mol.